The number of ether oxygens (including phenoxy) is 3. The van der Waals surface area contributed by atoms with Gasteiger partial charge in [-0.25, -0.2) is 0 Å². The van der Waals surface area contributed by atoms with Crippen LogP contribution in [0.15, 0.2) is 42.5 Å². The maximum absolute atomic E-state index is 6.59. The summed E-state index contributed by atoms with van der Waals surface area (Å²) in [5, 5.41) is 0. The van der Waals surface area contributed by atoms with Crippen molar-refractivity contribution in [3.05, 3.63) is 64.7 Å². The second-order valence-corrected chi connectivity index (χ2v) is 5.10. The van der Waals surface area contributed by atoms with E-state index in [0.717, 1.165) is 28.0 Å². The summed E-state index contributed by atoms with van der Waals surface area (Å²) in [4.78, 5) is 0. The number of hydrogen-bond acceptors (Lipinski definition) is 4. The van der Waals surface area contributed by atoms with Crippen LogP contribution >= 0.6 is 0 Å². The Balaban J connectivity index is 2.31. The van der Waals surface area contributed by atoms with Crippen LogP contribution in [-0.4, -0.2) is 21.3 Å². The normalized spacial score (nSPS) is 23.3. The number of rotatable bonds is 3. The van der Waals surface area contributed by atoms with Crippen LogP contribution in [0, 0.1) is 0 Å². The molecule has 4 heteroatoms. The molecule has 3 rings (SSSR count). The smallest absolute Gasteiger partial charge is 0.169 e. The monoisotopic (exact) mass is 285 g/mol. The van der Waals surface area contributed by atoms with Crippen molar-refractivity contribution in [2.75, 3.05) is 21.3 Å². The predicted octanol–water partition coefficient (Wildman–Crippen LogP) is 2.55. The molecular weight excluding hydrogens is 266 g/mol. The largest absolute Gasteiger partial charge is 0.497 e. The number of hydrogen-bond donors (Lipinski definition) is 1. The minimum absolute atomic E-state index is 0.158. The summed E-state index contributed by atoms with van der Waals surface area (Å²) in [7, 11) is 4.95. The first kappa shape index (κ1) is 14.1. The Hall–Kier alpha value is -1.88. The van der Waals surface area contributed by atoms with Gasteiger partial charge in [0.05, 0.1) is 7.11 Å². The number of nitrogens with two attached hydrogens (primary N) is 1. The van der Waals surface area contributed by atoms with Gasteiger partial charge in [0, 0.05) is 25.3 Å². The summed E-state index contributed by atoms with van der Waals surface area (Å²) < 4.78 is 16.7. The molecule has 2 unspecified atom stereocenters. The summed E-state index contributed by atoms with van der Waals surface area (Å²) in [6, 6.07) is 13.8. The molecule has 0 saturated heterocycles. The SMILES string of the molecule is COc1ccc2c(c1)C(N)(OC)c1ccccc1C2OC. The van der Waals surface area contributed by atoms with Crippen LogP contribution in [0.25, 0.3) is 0 Å². The van der Waals surface area contributed by atoms with E-state index < -0.39 is 5.72 Å². The first-order valence-corrected chi connectivity index (χ1v) is 6.80. The highest BCUT2D eigenvalue weighted by molar-refractivity contribution is 5.55. The van der Waals surface area contributed by atoms with Gasteiger partial charge in [-0.15, -0.1) is 0 Å². The lowest BCUT2D eigenvalue weighted by atomic mass is 9.78. The molecule has 0 aliphatic heterocycles. The van der Waals surface area contributed by atoms with E-state index in [-0.39, 0.29) is 6.10 Å². The molecule has 1 aliphatic rings. The second kappa shape index (κ2) is 5.15. The highest BCUT2D eigenvalue weighted by Gasteiger charge is 2.41. The molecule has 21 heavy (non-hydrogen) atoms. The molecule has 0 radical (unpaired) electrons. The molecule has 2 atom stereocenters. The van der Waals surface area contributed by atoms with Crippen molar-refractivity contribution in [3.63, 3.8) is 0 Å². The van der Waals surface area contributed by atoms with Crippen LogP contribution in [0.5, 0.6) is 5.75 Å². The van der Waals surface area contributed by atoms with Gasteiger partial charge in [-0.2, -0.15) is 0 Å². The number of fused-ring (bicyclic) bond motifs is 2. The zero-order valence-corrected chi connectivity index (χ0v) is 12.4. The zero-order chi connectivity index (χ0) is 15.0. The molecular formula is C17H19NO3. The Morgan fingerprint density at radius 2 is 1.67 bits per heavy atom. The summed E-state index contributed by atoms with van der Waals surface area (Å²) in [5.74, 6) is 0.745. The molecule has 0 fully saturated rings. The molecule has 0 aromatic heterocycles. The Morgan fingerprint density at radius 1 is 0.952 bits per heavy atom. The van der Waals surface area contributed by atoms with Crippen LogP contribution in [0.3, 0.4) is 0 Å². The van der Waals surface area contributed by atoms with Gasteiger partial charge in [0.2, 0.25) is 0 Å². The van der Waals surface area contributed by atoms with E-state index in [1.165, 1.54) is 0 Å². The van der Waals surface area contributed by atoms with E-state index in [2.05, 4.69) is 0 Å². The van der Waals surface area contributed by atoms with Crippen molar-refractivity contribution >= 4 is 0 Å². The molecule has 2 aromatic carbocycles. The third kappa shape index (κ3) is 1.95. The number of methoxy groups -OCH3 is 3. The van der Waals surface area contributed by atoms with Crippen molar-refractivity contribution in [3.8, 4) is 5.75 Å². The lowest BCUT2D eigenvalue weighted by Gasteiger charge is -2.39. The van der Waals surface area contributed by atoms with Crippen molar-refractivity contribution in [1.82, 2.24) is 0 Å². The molecule has 1 aliphatic carbocycles. The topological polar surface area (TPSA) is 53.7 Å². The van der Waals surface area contributed by atoms with Crippen LogP contribution in [0.4, 0.5) is 0 Å². The molecule has 0 amide bonds. The van der Waals surface area contributed by atoms with E-state index in [0.29, 0.717) is 0 Å². The second-order valence-electron chi connectivity index (χ2n) is 5.10. The number of benzene rings is 2. The van der Waals surface area contributed by atoms with Gasteiger partial charge in [0.15, 0.2) is 5.72 Å². The molecule has 4 nitrogen and oxygen atoms in total. The fourth-order valence-corrected chi connectivity index (χ4v) is 3.06. The van der Waals surface area contributed by atoms with Crippen molar-refractivity contribution in [1.29, 1.82) is 0 Å². The van der Waals surface area contributed by atoms with Crippen LogP contribution in [-0.2, 0) is 15.2 Å². The fraction of sp³-hybridized carbons (Fsp3) is 0.294. The molecule has 2 N–H and O–H groups in total. The average Bonchev–Trinajstić information content (AvgIpc) is 2.55. The Kier molecular flexibility index (Phi) is 3.45. The Labute approximate surface area is 124 Å². The molecule has 0 spiro atoms. The van der Waals surface area contributed by atoms with Crippen molar-refractivity contribution in [2.45, 2.75) is 11.8 Å². The Morgan fingerprint density at radius 3 is 2.33 bits per heavy atom. The average molecular weight is 285 g/mol. The van der Waals surface area contributed by atoms with Gasteiger partial charge >= 0.3 is 0 Å². The predicted molar refractivity (Wildman–Crippen MR) is 80.3 cm³/mol. The summed E-state index contributed by atoms with van der Waals surface area (Å²) in [6.45, 7) is 0. The zero-order valence-electron chi connectivity index (χ0n) is 12.4. The summed E-state index contributed by atoms with van der Waals surface area (Å²) in [6.07, 6.45) is -0.158. The standard InChI is InChI=1S/C17H19NO3/c1-19-11-8-9-13-15(10-11)17(18,21-3)14-7-5-4-6-12(14)16(13)20-2/h4-10,16H,18H2,1-3H3. The summed E-state index contributed by atoms with van der Waals surface area (Å²) >= 11 is 0. The minimum Gasteiger partial charge on any atom is -0.497 e. The third-order valence-electron chi connectivity index (χ3n) is 4.14. The van der Waals surface area contributed by atoms with Gasteiger partial charge in [-0.3, -0.25) is 5.73 Å². The highest BCUT2D eigenvalue weighted by atomic mass is 16.5. The van der Waals surface area contributed by atoms with Crippen LogP contribution in [0.1, 0.15) is 28.4 Å². The van der Waals surface area contributed by atoms with E-state index in [1.807, 2.05) is 42.5 Å². The molecule has 0 saturated carbocycles. The molecule has 2 aromatic rings. The quantitative estimate of drug-likeness (QED) is 0.881. The van der Waals surface area contributed by atoms with Gasteiger partial charge in [0.25, 0.3) is 0 Å². The lowest BCUT2D eigenvalue weighted by molar-refractivity contribution is 0.0142. The molecule has 0 heterocycles. The van der Waals surface area contributed by atoms with Crippen molar-refractivity contribution < 1.29 is 14.2 Å². The van der Waals surface area contributed by atoms with E-state index in [1.54, 1.807) is 21.3 Å². The lowest BCUT2D eigenvalue weighted by Crippen LogP contribution is -2.44. The van der Waals surface area contributed by atoms with Crippen LogP contribution in [0.2, 0.25) is 0 Å². The maximum atomic E-state index is 6.59. The minimum atomic E-state index is -1.00. The van der Waals surface area contributed by atoms with Crippen LogP contribution < -0.4 is 10.5 Å². The first-order valence-electron chi connectivity index (χ1n) is 6.80. The van der Waals surface area contributed by atoms with Crippen molar-refractivity contribution in [2.24, 2.45) is 5.73 Å². The van der Waals surface area contributed by atoms with Gasteiger partial charge in [-0.05, 0) is 23.3 Å². The van der Waals surface area contributed by atoms with Gasteiger partial charge in [-0.1, -0.05) is 30.3 Å². The van der Waals surface area contributed by atoms with Gasteiger partial charge in [0.1, 0.15) is 11.9 Å². The highest BCUT2D eigenvalue weighted by Crippen LogP contribution is 2.45. The van der Waals surface area contributed by atoms with E-state index in [9.17, 15) is 0 Å². The Bertz CT molecular complexity index is 671. The van der Waals surface area contributed by atoms with E-state index in [4.69, 9.17) is 19.9 Å². The van der Waals surface area contributed by atoms with E-state index >= 15 is 0 Å². The summed E-state index contributed by atoms with van der Waals surface area (Å²) in [5.41, 5.74) is 9.40. The molecule has 0 bridgehead atoms. The molecule has 110 valence electrons. The first-order chi connectivity index (χ1) is 10.2. The van der Waals surface area contributed by atoms with Gasteiger partial charge < -0.3 is 14.2 Å². The fourth-order valence-electron chi connectivity index (χ4n) is 3.06. The third-order valence-corrected chi connectivity index (χ3v) is 4.14. The maximum Gasteiger partial charge on any atom is 0.169 e.